The molecule has 3 unspecified atom stereocenters. The van der Waals surface area contributed by atoms with Gasteiger partial charge in [0.1, 0.15) is 0 Å². The van der Waals surface area contributed by atoms with Crippen molar-refractivity contribution in [2.75, 3.05) is 20.8 Å². The monoisotopic (exact) mass is 216 g/mol. The molecule has 0 N–H and O–H groups in total. The van der Waals surface area contributed by atoms with Gasteiger partial charge in [-0.15, -0.1) is 0 Å². The van der Waals surface area contributed by atoms with E-state index in [-0.39, 0.29) is 0 Å². The van der Waals surface area contributed by atoms with Gasteiger partial charge in [-0.2, -0.15) is 0 Å². The molecule has 0 spiro atoms. The van der Waals surface area contributed by atoms with Crippen LogP contribution in [0.2, 0.25) is 0 Å². The minimum atomic E-state index is 0.333. The van der Waals surface area contributed by atoms with E-state index in [1.54, 1.807) is 7.11 Å². The average molecular weight is 216 g/mol. The van der Waals surface area contributed by atoms with Crippen LogP contribution in [0.5, 0.6) is 0 Å². The molecule has 0 aliphatic heterocycles. The lowest BCUT2D eigenvalue weighted by atomic mass is 9.85. The van der Waals surface area contributed by atoms with Crippen LogP contribution in [0, 0.1) is 17.8 Å². The molecule has 0 fully saturated rings. The number of hydrogen-bond donors (Lipinski definition) is 0. The molecule has 0 aromatic heterocycles. The Labute approximate surface area is 95.3 Å². The summed E-state index contributed by atoms with van der Waals surface area (Å²) < 4.78 is 10.9. The molecule has 0 saturated heterocycles. The Morgan fingerprint density at radius 2 is 1.67 bits per heavy atom. The van der Waals surface area contributed by atoms with Gasteiger partial charge in [0.05, 0.1) is 12.7 Å². The molecule has 92 valence electrons. The number of methoxy groups -OCH3 is 2. The zero-order valence-corrected chi connectivity index (χ0v) is 11.2. The summed E-state index contributed by atoms with van der Waals surface area (Å²) in [5, 5.41) is 0. The van der Waals surface area contributed by atoms with Crippen molar-refractivity contribution in [2.24, 2.45) is 17.8 Å². The van der Waals surface area contributed by atoms with Crippen LogP contribution in [0.4, 0.5) is 0 Å². The zero-order valence-electron chi connectivity index (χ0n) is 11.2. The second kappa shape index (κ2) is 8.12. The van der Waals surface area contributed by atoms with Gasteiger partial charge < -0.3 is 9.47 Å². The first-order chi connectivity index (χ1) is 7.06. The highest BCUT2D eigenvalue weighted by molar-refractivity contribution is 4.74. The predicted octanol–water partition coefficient (Wildman–Crippen LogP) is 3.36. The van der Waals surface area contributed by atoms with Gasteiger partial charge in [0.15, 0.2) is 0 Å². The zero-order chi connectivity index (χ0) is 11.8. The van der Waals surface area contributed by atoms with E-state index in [0.29, 0.717) is 17.9 Å². The van der Waals surface area contributed by atoms with Gasteiger partial charge in [-0.05, 0) is 18.3 Å². The fourth-order valence-corrected chi connectivity index (χ4v) is 1.93. The Balaban J connectivity index is 4.30. The highest BCUT2D eigenvalue weighted by Gasteiger charge is 2.25. The van der Waals surface area contributed by atoms with E-state index in [4.69, 9.17) is 9.47 Å². The van der Waals surface area contributed by atoms with Gasteiger partial charge in [0, 0.05) is 20.1 Å². The summed E-state index contributed by atoms with van der Waals surface area (Å²) in [5.74, 6) is 1.85. The fraction of sp³-hybridized carbons (Fsp3) is 1.00. The topological polar surface area (TPSA) is 18.5 Å². The quantitative estimate of drug-likeness (QED) is 0.619. The molecule has 2 nitrogen and oxygen atoms in total. The molecule has 0 heterocycles. The minimum absolute atomic E-state index is 0.333. The van der Waals surface area contributed by atoms with E-state index in [1.165, 1.54) is 6.42 Å². The van der Waals surface area contributed by atoms with Gasteiger partial charge in [0.2, 0.25) is 0 Å². The smallest absolute Gasteiger partial charge is 0.0626 e. The van der Waals surface area contributed by atoms with Crippen molar-refractivity contribution in [3.63, 3.8) is 0 Å². The molecular formula is C13H28O2. The Hall–Kier alpha value is -0.0800. The minimum Gasteiger partial charge on any atom is -0.384 e. The van der Waals surface area contributed by atoms with Crippen LogP contribution in [0.25, 0.3) is 0 Å². The molecule has 0 aliphatic rings. The van der Waals surface area contributed by atoms with Crippen molar-refractivity contribution in [1.82, 2.24) is 0 Å². The van der Waals surface area contributed by atoms with E-state index < -0.39 is 0 Å². The first-order valence-electron chi connectivity index (χ1n) is 6.08. The maximum Gasteiger partial charge on any atom is 0.0626 e. The summed E-state index contributed by atoms with van der Waals surface area (Å²) in [7, 11) is 3.59. The van der Waals surface area contributed by atoms with Gasteiger partial charge in [-0.1, -0.05) is 34.1 Å². The lowest BCUT2D eigenvalue weighted by Gasteiger charge is -2.30. The largest absolute Gasteiger partial charge is 0.384 e. The summed E-state index contributed by atoms with van der Waals surface area (Å²) in [5.41, 5.74) is 0. The standard InChI is InChI=1S/C13H28O2/c1-7-11(4)8-13(15-6)12(9-14-5)10(2)3/h10-13H,7-9H2,1-6H3. The lowest BCUT2D eigenvalue weighted by Crippen LogP contribution is -2.32. The first-order valence-corrected chi connectivity index (χ1v) is 6.08. The summed E-state index contributed by atoms with van der Waals surface area (Å²) in [6.07, 6.45) is 2.69. The molecule has 0 radical (unpaired) electrons. The van der Waals surface area contributed by atoms with Gasteiger partial charge in [0.25, 0.3) is 0 Å². The molecule has 0 saturated carbocycles. The van der Waals surface area contributed by atoms with Crippen LogP contribution in [0.1, 0.15) is 40.5 Å². The lowest BCUT2D eigenvalue weighted by molar-refractivity contribution is -0.0170. The third-order valence-electron chi connectivity index (χ3n) is 3.33. The van der Waals surface area contributed by atoms with Crippen LogP contribution in [-0.2, 0) is 9.47 Å². The van der Waals surface area contributed by atoms with Crippen molar-refractivity contribution < 1.29 is 9.47 Å². The second-order valence-electron chi connectivity index (χ2n) is 4.89. The molecular weight excluding hydrogens is 188 g/mol. The molecule has 15 heavy (non-hydrogen) atoms. The highest BCUT2D eigenvalue weighted by atomic mass is 16.5. The van der Waals surface area contributed by atoms with Crippen molar-refractivity contribution in [3.8, 4) is 0 Å². The van der Waals surface area contributed by atoms with Crippen molar-refractivity contribution in [2.45, 2.75) is 46.6 Å². The van der Waals surface area contributed by atoms with Crippen LogP contribution in [-0.4, -0.2) is 26.9 Å². The van der Waals surface area contributed by atoms with E-state index in [2.05, 4.69) is 27.7 Å². The van der Waals surface area contributed by atoms with E-state index in [1.807, 2.05) is 7.11 Å². The summed E-state index contributed by atoms with van der Waals surface area (Å²) in [6.45, 7) is 9.81. The third-order valence-corrected chi connectivity index (χ3v) is 3.33. The molecule has 0 aliphatic carbocycles. The van der Waals surface area contributed by atoms with Crippen molar-refractivity contribution >= 4 is 0 Å². The first kappa shape index (κ1) is 14.9. The van der Waals surface area contributed by atoms with Crippen LogP contribution in [0.15, 0.2) is 0 Å². The van der Waals surface area contributed by atoms with Crippen molar-refractivity contribution in [3.05, 3.63) is 0 Å². The number of ether oxygens (including phenoxy) is 2. The van der Waals surface area contributed by atoms with Crippen LogP contribution < -0.4 is 0 Å². The normalized spacial score (nSPS) is 17.8. The molecule has 0 aromatic rings. The third kappa shape index (κ3) is 5.53. The summed E-state index contributed by atoms with van der Waals surface area (Å²) >= 11 is 0. The van der Waals surface area contributed by atoms with Gasteiger partial charge in [-0.3, -0.25) is 0 Å². The average Bonchev–Trinajstić information content (AvgIpc) is 2.22. The van der Waals surface area contributed by atoms with Crippen LogP contribution >= 0.6 is 0 Å². The number of hydrogen-bond acceptors (Lipinski definition) is 2. The summed E-state index contributed by atoms with van der Waals surface area (Å²) in [4.78, 5) is 0. The fourth-order valence-electron chi connectivity index (χ4n) is 1.93. The number of rotatable bonds is 8. The molecule has 0 amide bonds. The van der Waals surface area contributed by atoms with Crippen molar-refractivity contribution in [1.29, 1.82) is 0 Å². The molecule has 0 rings (SSSR count). The second-order valence-corrected chi connectivity index (χ2v) is 4.89. The Kier molecular flexibility index (Phi) is 8.07. The predicted molar refractivity (Wildman–Crippen MR) is 65.1 cm³/mol. The molecule has 3 atom stereocenters. The Morgan fingerprint density at radius 3 is 2.00 bits per heavy atom. The summed E-state index contributed by atoms with van der Waals surface area (Å²) in [6, 6.07) is 0. The van der Waals surface area contributed by atoms with E-state index >= 15 is 0 Å². The Bertz CT molecular complexity index is 145. The SMILES string of the molecule is CCC(C)CC(OC)C(COC)C(C)C. The Morgan fingerprint density at radius 1 is 1.07 bits per heavy atom. The van der Waals surface area contributed by atoms with Gasteiger partial charge >= 0.3 is 0 Å². The van der Waals surface area contributed by atoms with Gasteiger partial charge in [-0.25, -0.2) is 0 Å². The maximum absolute atomic E-state index is 5.62. The molecule has 0 aromatic carbocycles. The maximum atomic E-state index is 5.62. The highest BCUT2D eigenvalue weighted by Crippen LogP contribution is 2.24. The molecule has 2 heteroatoms. The van der Waals surface area contributed by atoms with E-state index in [9.17, 15) is 0 Å². The van der Waals surface area contributed by atoms with Crippen LogP contribution in [0.3, 0.4) is 0 Å². The van der Waals surface area contributed by atoms with E-state index in [0.717, 1.165) is 18.9 Å². The molecule has 0 bridgehead atoms.